The Balaban J connectivity index is 2.08. The number of hydrogen-bond donors (Lipinski definition) is 2. The zero-order valence-electron chi connectivity index (χ0n) is 12.5. The number of hydrogen-bond acceptors (Lipinski definition) is 3. The molecule has 0 unspecified atom stereocenters. The largest absolute Gasteiger partial charge is 0.478 e. The molecular weight excluding hydrogens is 349 g/mol. The fourth-order valence-corrected chi connectivity index (χ4v) is 3.17. The van der Waals surface area contributed by atoms with Crippen LogP contribution in [0.15, 0.2) is 24.3 Å². The number of aromatic carboxylic acids is 1. The number of nitrogens with one attached hydrogen (secondary N) is 1. The third kappa shape index (κ3) is 2.82. The second kappa shape index (κ2) is 6.16. The summed E-state index contributed by atoms with van der Waals surface area (Å²) >= 11 is 12.4. The number of rotatable bonds is 3. The second-order valence-electron chi connectivity index (χ2n) is 5.35. The highest BCUT2D eigenvalue weighted by molar-refractivity contribution is 6.37. The van der Waals surface area contributed by atoms with Crippen molar-refractivity contribution in [3.63, 3.8) is 0 Å². The van der Waals surface area contributed by atoms with E-state index in [2.05, 4.69) is 16.0 Å². The number of imidazole rings is 1. The van der Waals surface area contributed by atoms with Gasteiger partial charge in [0.05, 0.1) is 33.3 Å². The molecule has 1 aromatic heterocycles. The first-order valence-corrected chi connectivity index (χ1v) is 7.75. The van der Waals surface area contributed by atoms with Gasteiger partial charge < -0.3 is 10.1 Å². The van der Waals surface area contributed by atoms with E-state index in [-0.39, 0.29) is 17.0 Å². The van der Waals surface area contributed by atoms with E-state index in [1.807, 2.05) is 6.92 Å². The predicted octanol–water partition coefficient (Wildman–Crippen LogP) is 4.34. The molecule has 2 N–H and O–H groups in total. The van der Waals surface area contributed by atoms with Crippen LogP contribution in [0.4, 0.5) is 0 Å². The molecule has 120 valence electrons. The van der Waals surface area contributed by atoms with Gasteiger partial charge in [0.25, 0.3) is 0 Å². The molecule has 0 aliphatic rings. The van der Waals surface area contributed by atoms with Gasteiger partial charge >= 0.3 is 5.97 Å². The molecule has 5 nitrogen and oxygen atoms in total. The summed E-state index contributed by atoms with van der Waals surface area (Å²) in [5.74, 6) is -0.522. The molecule has 0 aliphatic heterocycles. The van der Waals surface area contributed by atoms with E-state index in [0.717, 1.165) is 16.6 Å². The number of carbonyl (C=O) groups is 1. The quantitative estimate of drug-likeness (QED) is 0.727. The van der Waals surface area contributed by atoms with Gasteiger partial charge in [0.1, 0.15) is 5.82 Å². The number of benzene rings is 2. The average Bonchev–Trinajstić information content (AvgIpc) is 2.94. The Morgan fingerprint density at radius 2 is 2.12 bits per heavy atom. The minimum atomic E-state index is -1.11. The second-order valence-corrected chi connectivity index (χ2v) is 6.14. The monoisotopic (exact) mass is 359 g/mol. The molecular formula is C17H11Cl2N3O2. The third-order valence-electron chi connectivity index (χ3n) is 3.72. The van der Waals surface area contributed by atoms with Crippen molar-refractivity contribution < 1.29 is 9.90 Å². The summed E-state index contributed by atoms with van der Waals surface area (Å²) in [6, 6.07) is 8.46. The number of nitrogens with zero attached hydrogens (tertiary/aromatic N) is 2. The van der Waals surface area contributed by atoms with Crippen molar-refractivity contribution in [2.45, 2.75) is 13.3 Å². The Bertz CT molecular complexity index is 1020. The number of fused-ring (bicyclic) bond motifs is 1. The molecule has 0 saturated heterocycles. The SMILES string of the molecule is Cc1cc(C#N)cc2[nH]c(Cc3c(Cl)ccc(C(=O)O)c3Cl)nc12. The van der Waals surface area contributed by atoms with Gasteiger partial charge in [0, 0.05) is 11.4 Å². The summed E-state index contributed by atoms with van der Waals surface area (Å²) in [6.45, 7) is 1.87. The summed E-state index contributed by atoms with van der Waals surface area (Å²) in [6.07, 6.45) is 0.259. The van der Waals surface area contributed by atoms with Crippen LogP contribution in [0.3, 0.4) is 0 Å². The molecule has 0 aliphatic carbocycles. The van der Waals surface area contributed by atoms with E-state index in [0.29, 0.717) is 22.0 Å². The van der Waals surface area contributed by atoms with Crippen molar-refractivity contribution in [3.8, 4) is 6.07 Å². The summed E-state index contributed by atoms with van der Waals surface area (Å²) in [7, 11) is 0. The van der Waals surface area contributed by atoms with E-state index >= 15 is 0 Å². The summed E-state index contributed by atoms with van der Waals surface area (Å²) in [5, 5.41) is 18.7. The van der Waals surface area contributed by atoms with Crippen LogP contribution < -0.4 is 0 Å². The number of nitriles is 1. The van der Waals surface area contributed by atoms with Crippen LogP contribution in [-0.2, 0) is 6.42 Å². The maximum Gasteiger partial charge on any atom is 0.337 e. The normalized spacial score (nSPS) is 10.8. The van der Waals surface area contributed by atoms with Crippen LogP contribution >= 0.6 is 23.2 Å². The molecule has 0 spiro atoms. The molecule has 1 heterocycles. The fraction of sp³-hybridized carbons (Fsp3) is 0.118. The summed E-state index contributed by atoms with van der Waals surface area (Å²) < 4.78 is 0. The van der Waals surface area contributed by atoms with Crippen molar-refractivity contribution in [2.75, 3.05) is 0 Å². The van der Waals surface area contributed by atoms with Crippen LogP contribution in [0.1, 0.15) is 32.9 Å². The van der Waals surface area contributed by atoms with E-state index in [1.54, 1.807) is 12.1 Å². The third-order valence-corrected chi connectivity index (χ3v) is 4.50. The Labute approximate surface area is 147 Å². The lowest BCUT2D eigenvalue weighted by Gasteiger charge is -2.08. The van der Waals surface area contributed by atoms with Gasteiger partial charge in [-0.05, 0) is 42.3 Å². The smallest absolute Gasteiger partial charge is 0.337 e. The molecule has 0 saturated carbocycles. The van der Waals surface area contributed by atoms with Gasteiger partial charge in [-0.25, -0.2) is 9.78 Å². The van der Waals surface area contributed by atoms with Gasteiger partial charge in [-0.2, -0.15) is 5.26 Å². The lowest BCUT2D eigenvalue weighted by molar-refractivity contribution is 0.0697. The number of carboxylic acid groups (broad SMARTS) is 1. The predicted molar refractivity (Wildman–Crippen MR) is 91.8 cm³/mol. The summed E-state index contributed by atoms with van der Waals surface area (Å²) in [4.78, 5) is 18.9. The van der Waals surface area contributed by atoms with Crippen LogP contribution in [0, 0.1) is 18.3 Å². The van der Waals surface area contributed by atoms with Crippen molar-refractivity contribution in [1.29, 1.82) is 5.26 Å². The lowest BCUT2D eigenvalue weighted by Crippen LogP contribution is -2.02. The molecule has 0 atom stereocenters. The number of aromatic nitrogens is 2. The number of aromatic amines is 1. The number of halogens is 2. The van der Waals surface area contributed by atoms with Gasteiger partial charge in [0.15, 0.2) is 0 Å². The Morgan fingerprint density at radius 3 is 2.79 bits per heavy atom. The van der Waals surface area contributed by atoms with Crippen LogP contribution in [0.2, 0.25) is 10.0 Å². The van der Waals surface area contributed by atoms with Crippen molar-refractivity contribution in [3.05, 3.63) is 62.4 Å². The molecule has 0 amide bonds. The Hall–Kier alpha value is -2.55. The maximum absolute atomic E-state index is 11.2. The van der Waals surface area contributed by atoms with Crippen molar-refractivity contribution >= 4 is 40.2 Å². The Kier molecular flexibility index (Phi) is 4.18. The molecule has 0 bridgehead atoms. The van der Waals surface area contributed by atoms with Crippen LogP contribution in [-0.4, -0.2) is 21.0 Å². The molecule has 3 aromatic rings. The first kappa shape index (κ1) is 16.3. The highest BCUT2D eigenvalue weighted by Crippen LogP contribution is 2.30. The van der Waals surface area contributed by atoms with E-state index in [4.69, 9.17) is 28.5 Å². The molecule has 24 heavy (non-hydrogen) atoms. The zero-order valence-corrected chi connectivity index (χ0v) is 14.0. The summed E-state index contributed by atoms with van der Waals surface area (Å²) in [5.41, 5.74) is 3.40. The maximum atomic E-state index is 11.2. The van der Waals surface area contributed by atoms with E-state index < -0.39 is 5.97 Å². The highest BCUT2D eigenvalue weighted by atomic mass is 35.5. The standard InChI is InChI=1S/C17H11Cl2N3O2/c1-8-4-9(7-20)5-13-16(8)22-14(21-13)6-11-12(18)3-2-10(15(11)19)17(23)24/h2-5H,6H2,1H3,(H,21,22)(H,23,24). The molecule has 0 radical (unpaired) electrons. The van der Waals surface area contributed by atoms with E-state index in [9.17, 15) is 9.90 Å². The molecule has 0 fully saturated rings. The van der Waals surface area contributed by atoms with Crippen LogP contribution in [0.25, 0.3) is 11.0 Å². The average molecular weight is 360 g/mol. The first-order valence-electron chi connectivity index (χ1n) is 7.00. The molecule has 7 heteroatoms. The first-order chi connectivity index (χ1) is 11.4. The van der Waals surface area contributed by atoms with E-state index in [1.165, 1.54) is 12.1 Å². The number of H-pyrrole nitrogens is 1. The van der Waals surface area contributed by atoms with Crippen molar-refractivity contribution in [2.24, 2.45) is 0 Å². The fourth-order valence-electron chi connectivity index (χ4n) is 2.58. The minimum Gasteiger partial charge on any atom is -0.478 e. The van der Waals surface area contributed by atoms with Crippen LogP contribution in [0.5, 0.6) is 0 Å². The van der Waals surface area contributed by atoms with Crippen molar-refractivity contribution in [1.82, 2.24) is 9.97 Å². The molecule has 3 rings (SSSR count). The lowest BCUT2D eigenvalue weighted by atomic mass is 10.1. The molecule has 2 aromatic carbocycles. The number of aryl methyl sites for hydroxylation is 1. The Morgan fingerprint density at radius 1 is 1.38 bits per heavy atom. The topological polar surface area (TPSA) is 89.8 Å². The highest BCUT2D eigenvalue weighted by Gasteiger charge is 2.17. The zero-order chi connectivity index (χ0) is 17.4. The van der Waals surface area contributed by atoms with Gasteiger partial charge in [0.2, 0.25) is 0 Å². The van der Waals surface area contributed by atoms with Gasteiger partial charge in [-0.1, -0.05) is 23.2 Å². The van der Waals surface area contributed by atoms with Gasteiger partial charge in [-0.15, -0.1) is 0 Å². The van der Waals surface area contributed by atoms with Gasteiger partial charge in [-0.3, -0.25) is 0 Å². The minimum absolute atomic E-state index is 0.00451. The number of carboxylic acids is 1.